The quantitative estimate of drug-likeness (QED) is 0.692. The highest BCUT2D eigenvalue weighted by Gasteiger charge is 2.39. The Morgan fingerprint density at radius 1 is 1.00 bits per heavy atom. The molecule has 2 aromatic rings. The molecule has 24 heavy (non-hydrogen) atoms. The second-order valence-electron chi connectivity index (χ2n) is 7.12. The van der Waals surface area contributed by atoms with Crippen LogP contribution in [0.2, 0.25) is 0 Å². The summed E-state index contributed by atoms with van der Waals surface area (Å²) in [6.07, 6.45) is 3.58. The predicted octanol–water partition coefficient (Wildman–Crippen LogP) is 3.77. The Labute approximate surface area is 142 Å². The average molecular weight is 319 g/mol. The van der Waals surface area contributed by atoms with Crippen molar-refractivity contribution in [2.45, 2.75) is 37.6 Å². The summed E-state index contributed by atoms with van der Waals surface area (Å²) in [5, 5.41) is 0. The standard InChI is InChI=1S/C21H21NO2/c23-20-8-10-22-18-7-2-1-6-17(18)16-12-15-5-3-4-14(9-11-24-20)21(15)19(22)13-16/h1-7,16,19H,8-13H2/t16-,19-/m0/s1. The number of fused-ring (bicyclic) bond motifs is 4. The van der Waals surface area contributed by atoms with Crippen molar-refractivity contribution in [3.63, 3.8) is 0 Å². The van der Waals surface area contributed by atoms with E-state index in [0.29, 0.717) is 25.0 Å². The Kier molecular flexibility index (Phi) is 3.15. The van der Waals surface area contributed by atoms with Crippen LogP contribution >= 0.6 is 0 Å². The lowest BCUT2D eigenvalue weighted by atomic mass is 9.71. The smallest absolute Gasteiger partial charge is 0.307 e. The SMILES string of the molecule is O=C1CCN2c3ccccc3[C@H]3Cc4cccc(c4[C@@H]2C3)CCO1. The van der Waals surface area contributed by atoms with Crippen LogP contribution in [-0.4, -0.2) is 19.1 Å². The number of cyclic esters (lactones) is 1. The largest absolute Gasteiger partial charge is 0.465 e. The van der Waals surface area contributed by atoms with E-state index in [4.69, 9.17) is 4.74 Å². The van der Waals surface area contributed by atoms with Gasteiger partial charge in [0, 0.05) is 18.7 Å². The Morgan fingerprint density at radius 3 is 2.83 bits per heavy atom. The number of benzene rings is 2. The van der Waals surface area contributed by atoms with Crippen molar-refractivity contribution in [1.82, 2.24) is 0 Å². The molecule has 0 unspecified atom stereocenters. The first kappa shape index (κ1) is 14.1. The van der Waals surface area contributed by atoms with Crippen molar-refractivity contribution in [2.24, 2.45) is 0 Å². The Morgan fingerprint density at radius 2 is 1.88 bits per heavy atom. The summed E-state index contributed by atoms with van der Waals surface area (Å²) >= 11 is 0. The van der Waals surface area contributed by atoms with Gasteiger partial charge < -0.3 is 9.64 Å². The van der Waals surface area contributed by atoms with E-state index in [-0.39, 0.29) is 5.97 Å². The second-order valence-corrected chi connectivity index (χ2v) is 7.12. The number of para-hydroxylation sites is 1. The van der Waals surface area contributed by atoms with Gasteiger partial charge in [0.15, 0.2) is 0 Å². The van der Waals surface area contributed by atoms with E-state index in [0.717, 1.165) is 25.8 Å². The summed E-state index contributed by atoms with van der Waals surface area (Å²) < 4.78 is 5.43. The van der Waals surface area contributed by atoms with Gasteiger partial charge in [0.1, 0.15) is 0 Å². The highest BCUT2D eigenvalue weighted by molar-refractivity contribution is 5.71. The molecule has 2 heterocycles. The lowest BCUT2D eigenvalue weighted by Gasteiger charge is -2.47. The summed E-state index contributed by atoms with van der Waals surface area (Å²) in [5.41, 5.74) is 7.10. The molecule has 0 fully saturated rings. The monoisotopic (exact) mass is 319 g/mol. The molecule has 0 aromatic heterocycles. The fraction of sp³-hybridized carbons (Fsp3) is 0.381. The van der Waals surface area contributed by atoms with Crippen LogP contribution in [-0.2, 0) is 22.4 Å². The first-order valence-corrected chi connectivity index (χ1v) is 8.93. The summed E-state index contributed by atoms with van der Waals surface area (Å²) in [4.78, 5) is 14.5. The zero-order valence-corrected chi connectivity index (χ0v) is 13.7. The summed E-state index contributed by atoms with van der Waals surface area (Å²) in [5.74, 6) is 0.519. The maximum absolute atomic E-state index is 12.0. The van der Waals surface area contributed by atoms with Gasteiger partial charge >= 0.3 is 5.97 Å². The maximum atomic E-state index is 12.0. The molecule has 1 aliphatic carbocycles. The molecular weight excluding hydrogens is 298 g/mol. The molecule has 0 saturated carbocycles. The number of ether oxygens (including phenoxy) is 1. The van der Waals surface area contributed by atoms with Gasteiger partial charge in [-0.15, -0.1) is 0 Å². The minimum Gasteiger partial charge on any atom is -0.465 e. The van der Waals surface area contributed by atoms with Gasteiger partial charge in [-0.05, 0) is 47.1 Å². The van der Waals surface area contributed by atoms with Crippen LogP contribution < -0.4 is 4.90 Å². The van der Waals surface area contributed by atoms with Crippen molar-refractivity contribution < 1.29 is 9.53 Å². The maximum Gasteiger partial charge on any atom is 0.307 e. The Hall–Kier alpha value is -2.29. The van der Waals surface area contributed by atoms with Gasteiger partial charge in [0.05, 0.1) is 19.1 Å². The molecule has 3 aliphatic rings. The number of rotatable bonds is 0. The van der Waals surface area contributed by atoms with Gasteiger partial charge in [-0.2, -0.15) is 0 Å². The molecule has 0 saturated heterocycles. The fourth-order valence-electron chi connectivity index (χ4n) is 4.84. The normalized spacial score (nSPS) is 24.8. The van der Waals surface area contributed by atoms with Crippen LogP contribution in [0.3, 0.4) is 0 Å². The third-order valence-corrected chi connectivity index (χ3v) is 5.85. The van der Waals surface area contributed by atoms with Gasteiger partial charge in [-0.1, -0.05) is 36.4 Å². The van der Waals surface area contributed by atoms with Crippen molar-refractivity contribution in [3.8, 4) is 0 Å². The topological polar surface area (TPSA) is 29.5 Å². The summed E-state index contributed by atoms with van der Waals surface area (Å²) in [7, 11) is 0. The zero-order chi connectivity index (χ0) is 16.1. The minimum atomic E-state index is -0.0787. The molecule has 2 atom stereocenters. The third-order valence-electron chi connectivity index (χ3n) is 5.85. The number of nitrogens with zero attached hydrogens (tertiary/aromatic N) is 1. The lowest BCUT2D eigenvalue weighted by Crippen LogP contribution is -2.40. The van der Waals surface area contributed by atoms with Crippen molar-refractivity contribution >= 4 is 11.7 Å². The van der Waals surface area contributed by atoms with E-state index in [9.17, 15) is 4.79 Å². The number of carbonyl (C=O) groups is 1. The first-order valence-electron chi connectivity index (χ1n) is 8.93. The van der Waals surface area contributed by atoms with Crippen molar-refractivity contribution in [1.29, 1.82) is 0 Å². The van der Waals surface area contributed by atoms with E-state index >= 15 is 0 Å². The first-order chi connectivity index (χ1) is 11.8. The van der Waals surface area contributed by atoms with E-state index in [2.05, 4.69) is 47.4 Å². The van der Waals surface area contributed by atoms with Crippen LogP contribution in [0.4, 0.5) is 5.69 Å². The number of hydrogen-bond donors (Lipinski definition) is 0. The van der Waals surface area contributed by atoms with Gasteiger partial charge in [0.2, 0.25) is 0 Å². The molecule has 0 radical (unpaired) electrons. The van der Waals surface area contributed by atoms with Crippen LogP contribution in [0, 0.1) is 0 Å². The molecule has 0 amide bonds. The third kappa shape index (κ3) is 2.07. The molecule has 3 heteroatoms. The molecule has 3 nitrogen and oxygen atoms in total. The van der Waals surface area contributed by atoms with Crippen LogP contribution in [0.15, 0.2) is 42.5 Å². The molecule has 2 aliphatic heterocycles. The molecule has 2 aromatic carbocycles. The summed E-state index contributed by atoms with van der Waals surface area (Å²) in [6.45, 7) is 1.24. The van der Waals surface area contributed by atoms with Gasteiger partial charge in [0.25, 0.3) is 0 Å². The molecule has 0 spiro atoms. The molecule has 2 bridgehead atoms. The minimum absolute atomic E-state index is 0.0787. The molecule has 122 valence electrons. The number of carbonyl (C=O) groups excluding carboxylic acids is 1. The van der Waals surface area contributed by atoms with Crippen molar-refractivity contribution in [3.05, 3.63) is 64.7 Å². The number of hydrogen-bond acceptors (Lipinski definition) is 3. The van der Waals surface area contributed by atoms with Crippen LogP contribution in [0.5, 0.6) is 0 Å². The van der Waals surface area contributed by atoms with E-state index < -0.39 is 0 Å². The fourth-order valence-corrected chi connectivity index (χ4v) is 4.84. The Bertz CT molecular complexity index is 813. The second kappa shape index (κ2) is 5.37. The summed E-state index contributed by atoms with van der Waals surface area (Å²) in [6, 6.07) is 15.8. The van der Waals surface area contributed by atoms with Crippen molar-refractivity contribution in [2.75, 3.05) is 18.1 Å². The predicted molar refractivity (Wildman–Crippen MR) is 93.3 cm³/mol. The van der Waals surface area contributed by atoms with Gasteiger partial charge in [-0.3, -0.25) is 4.79 Å². The highest BCUT2D eigenvalue weighted by Crippen LogP contribution is 2.51. The van der Waals surface area contributed by atoms with Gasteiger partial charge in [-0.25, -0.2) is 0 Å². The van der Waals surface area contributed by atoms with E-state index in [1.807, 2.05) is 0 Å². The molecular formula is C21H21NO2. The van der Waals surface area contributed by atoms with E-state index in [1.54, 1.807) is 0 Å². The Balaban J connectivity index is 1.71. The number of anilines is 1. The zero-order valence-electron chi connectivity index (χ0n) is 13.7. The molecule has 0 N–H and O–H groups in total. The highest BCUT2D eigenvalue weighted by atomic mass is 16.5. The molecule has 5 rings (SSSR count). The average Bonchev–Trinajstić information content (AvgIpc) is 2.61. The van der Waals surface area contributed by atoms with Crippen LogP contribution in [0.1, 0.15) is 47.1 Å². The van der Waals surface area contributed by atoms with Crippen LogP contribution in [0.25, 0.3) is 0 Å². The van der Waals surface area contributed by atoms with E-state index in [1.165, 1.54) is 27.9 Å². The number of esters is 1. The lowest BCUT2D eigenvalue weighted by molar-refractivity contribution is -0.143.